The number of aryl methyl sites for hydroxylation is 1. The summed E-state index contributed by atoms with van der Waals surface area (Å²) in [6.45, 7) is 1.79. The van der Waals surface area contributed by atoms with Crippen LogP contribution in [0.5, 0.6) is 0 Å². The maximum absolute atomic E-state index is 11.8. The van der Waals surface area contributed by atoms with Crippen LogP contribution in [0.1, 0.15) is 16.1 Å². The number of carbonyl (C=O) groups is 1. The molecule has 18 heavy (non-hydrogen) atoms. The molecule has 2 rings (SSSR count). The highest BCUT2D eigenvalue weighted by atomic mass is 32.1. The third-order valence-corrected chi connectivity index (χ3v) is 2.33. The summed E-state index contributed by atoms with van der Waals surface area (Å²) in [4.78, 5) is 11.8. The van der Waals surface area contributed by atoms with Gasteiger partial charge in [0.15, 0.2) is 5.11 Å². The molecule has 0 radical (unpaired) electrons. The average Bonchev–Trinajstić information content (AvgIpc) is 2.75. The number of rotatable bonds is 2. The summed E-state index contributed by atoms with van der Waals surface area (Å²) in [6, 6.07) is 10.5. The minimum atomic E-state index is -0.274. The van der Waals surface area contributed by atoms with Crippen LogP contribution >= 0.6 is 12.2 Å². The van der Waals surface area contributed by atoms with Crippen LogP contribution in [0.4, 0.5) is 5.88 Å². The first-order chi connectivity index (χ1) is 8.65. The number of carbonyl (C=O) groups excluding carboxylic acids is 1. The largest absolute Gasteiger partial charge is 0.338 e. The summed E-state index contributed by atoms with van der Waals surface area (Å²) >= 11 is 4.99. The van der Waals surface area contributed by atoms with E-state index in [1.165, 1.54) is 0 Å². The zero-order valence-corrected chi connectivity index (χ0v) is 10.5. The second-order valence-electron chi connectivity index (χ2n) is 3.61. The summed E-state index contributed by atoms with van der Waals surface area (Å²) < 4.78 is 4.92. The van der Waals surface area contributed by atoms with Crippen molar-refractivity contribution in [1.82, 2.24) is 10.5 Å². The lowest BCUT2D eigenvalue weighted by atomic mass is 10.2. The van der Waals surface area contributed by atoms with Crippen molar-refractivity contribution in [2.45, 2.75) is 6.92 Å². The number of hydrogen-bond acceptors (Lipinski definition) is 4. The lowest BCUT2D eigenvalue weighted by Gasteiger charge is -2.06. The third-order valence-electron chi connectivity index (χ3n) is 2.13. The number of anilines is 1. The van der Waals surface area contributed by atoms with E-state index in [1.807, 2.05) is 6.07 Å². The number of amides is 1. The fourth-order valence-corrected chi connectivity index (χ4v) is 1.52. The predicted molar refractivity (Wildman–Crippen MR) is 71.4 cm³/mol. The zero-order chi connectivity index (χ0) is 13.0. The number of hydrogen-bond donors (Lipinski definition) is 2. The van der Waals surface area contributed by atoms with Gasteiger partial charge in [0, 0.05) is 11.6 Å². The molecule has 2 N–H and O–H groups in total. The molecule has 0 atom stereocenters. The second-order valence-corrected chi connectivity index (χ2v) is 4.02. The van der Waals surface area contributed by atoms with E-state index in [4.69, 9.17) is 16.7 Å². The van der Waals surface area contributed by atoms with Crippen LogP contribution in [-0.2, 0) is 0 Å². The monoisotopic (exact) mass is 261 g/mol. The van der Waals surface area contributed by atoms with Gasteiger partial charge in [-0.2, -0.15) is 0 Å². The Hall–Kier alpha value is -2.21. The molecule has 5 nitrogen and oxygen atoms in total. The van der Waals surface area contributed by atoms with Crippen LogP contribution < -0.4 is 10.6 Å². The topological polar surface area (TPSA) is 67.2 Å². The SMILES string of the molecule is Cc1cc(NC(=S)NC(=O)c2ccccc2)on1. The van der Waals surface area contributed by atoms with Gasteiger partial charge >= 0.3 is 0 Å². The Balaban J connectivity index is 1.94. The summed E-state index contributed by atoms with van der Waals surface area (Å²) in [5.74, 6) is 0.121. The van der Waals surface area contributed by atoms with Crippen LogP contribution in [0.3, 0.4) is 0 Å². The van der Waals surface area contributed by atoms with Crippen LogP contribution in [0, 0.1) is 6.92 Å². The molecule has 92 valence electrons. The Kier molecular flexibility index (Phi) is 3.69. The summed E-state index contributed by atoms with van der Waals surface area (Å²) in [5, 5.41) is 9.15. The van der Waals surface area contributed by atoms with E-state index in [9.17, 15) is 4.79 Å². The predicted octanol–water partition coefficient (Wildman–Crippen LogP) is 2.11. The molecule has 0 saturated carbocycles. The number of thiocarbonyl (C=S) groups is 1. The maximum Gasteiger partial charge on any atom is 0.257 e. The van der Waals surface area contributed by atoms with Crippen molar-refractivity contribution in [3.63, 3.8) is 0 Å². The molecule has 1 aromatic heterocycles. The number of aromatic nitrogens is 1. The molecule has 0 aliphatic heterocycles. The van der Waals surface area contributed by atoms with Gasteiger partial charge < -0.3 is 9.84 Å². The molecule has 0 aliphatic carbocycles. The zero-order valence-electron chi connectivity index (χ0n) is 9.64. The minimum Gasteiger partial charge on any atom is -0.338 e. The lowest BCUT2D eigenvalue weighted by molar-refractivity contribution is 0.0977. The van der Waals surface area contributed by atoms with Crippen molar-refractivity contribution >= 4 is 29.1 Å². The Morgan fingerprint density at radius 2 is 2.06 bits per heavy atom. The van der Waals surface area contributed by atoms with E-state index >= 15 is 0 Å². The highest BCUT2D eigenvalue weighted by molar-refractivity contribution is 7.80. The van der Waals surface area contributed by atoms with Crippen molar-refractivity contribution in [1.29, 1.82) is 0 Å². The first kappa shape index (κ1) is 12.3. The molecule has 0 fully saturated rings. The van der Waals surface area contributed by atoms with Gasteiger partial charge in [0.1, 0.15) is 0 Å². The minimum absolute atomic E-state index is 0.167. The van der Waals surface area contributed by atoms with Crippen LogP contribution in [-0.4, -0.2) is 16.2 Å². The standard InChI is InChI=1S/C12H11N3O2S/c1-8-7-10(17-15-8)13-12(18)14-11(16)9-5-3-2-4-6-9/h2-7H,1H3,(H2,13,14,16,18). The summed E-state index contributed by atoms with van der Waals surface area (Å²) in [5.41, 5.74) is 1.27. The van der Waals surface area contributed by atoms with E-state index in [-0.39, 0.29) is 11.0 Å². The molecule has 0 unspecified atom stereocenters. The fraction of sp³-hybridized carbons (Fsp3) is 0.0833. The van der Waals surface area contributed by atoms with Crippen LogP contribution in [0.15, 0.2) is 40.9 Å². The summed E-state index contributed by atoms with van der Waals surface area (Å²) in [6.07, 6.45) is 0. The maximum atomic E-state index is 11.8. The van der Waals surface area contributed by atoms with Crippen LogP contribution in [0.2, 0.25) is 0 Å². The third kappa shape index (κ3) is 3.14. The fourth-order valence-electron chi connectivity index (χ4n) is 1.33. The first-order valence-electron chi connectivity index (χ1n) is 5.26. The van der Waals surface area contributed by atoms with E-state index in [1.54, 1.807) is 37.3 Å². The van der Waals surface area contributed by atoms with Gasteiger partial charge in [0.2, 0.25) is 5.88 Å². The Morgan fingerprint density at radius 3 is 2.67 bits per heavy atom. The van der Waals surface area contributed by atoms with Gasteiger partial charge in [0.05, 0.1) is 5.69 Å². The molecule has 6 heteroatoms. The summed E-state index contributed by atoms with van der Waals surface area (Å²) in [7, 11) is 0. The number of benzene rings is 1. The number of nitrogens with one attached hydrogen (secondary N) is 2. The van der Waals surface area contributed by atoms with Crippen molar-refractivity contribution in [3.8, 4) is 0 Å². The van der Waals surface area contributed by atoms with Crippen molar-refractivity contribution in [3.05, 3.63) is 47.7 Å². The van der Waals surface area contributed by atoms with Gasteiger partial charge in [-0.05, 0) is 31.3 Å². The van der Waals surface area contributed by atoms with E-state index in [0.29, 0.717) is 11.4 Å². The highest BCUT2D eigenvalue weighted by Crippen LogP contribution is 2.08. The molecule has 0 saturated heterocycles. The van der Waals surface area contributed by atoms with E-state index in [2.05, 4.69) is 15.8 Å². The Labute approximate surface area is 109 Å². The lowest BCUT2D eigenvalue weighted by Crippen LogP contribution is -2.33. The molecule has 1 aromatic carbocycles. The quantitative estimate of drug-likeness (QED) is 0.810. The molecule has 0 bridgehead atoms. The van der Waals surface area contributed by atoms with Crippen LogP contribution in [0.25, 0.3) is 0 Å². The molecule has 0 spiro atoms. The van der Waals surface area contributed by atoms with E-state index in [0.717, 1.165) is 5.69 Å². The molecular formula is C12H11N3O2S. The van der Waals surface area contributed by atoms with Crippen molar-refractivity contribution in [2.75, 3.05) is 5.32 Å². The number of nitrogens with zero attached hydrogens (tertiary/aromatic N) is 1. The van der Waals surface area contributed by atoms with Gasteiger partial charge in [-0.15, -0.1) is 0 Å². The Morgan fingerprint density at radius 1 is 1.33 bits per heavy atom. The molecular weight excluding hydrogens is 250 g/mol. The van der Waals surface area contributed by atoms with Crippen molar-refractivity contribution in [2.24, 2.45) is 0 Å². The average molecular weight is 261 g/mol. The van der Waals surface area contributed by atoms with Gasteiger partial charge in [-0.25, -0.2) is 0 Å². The molecule has 2 aromatic rings. The first-order valence-corrected chi connectivity index (χ1v) is 5.66. The Bertz CT molecular complexity index is 566. The van der Waals surface area contributed by atoms with Gasteiger partial charge in [-0.3, -0.25) is 10.1 Å². The van der Waals surface area contributed by atoms with Gasteiger partial charge in [0.25, 0.3) is 5.91 Å². The normalized spacial score (nSPS) is 9.83. The molecule has 1 amide bonds. The molecule has 1 heterocycles. The highest BCUT2D eigenvalue weighted by Gasteiger charge is 2.08. The smallest absolute Gasteiger partial charge is 0.257 e. The molecule has 0 aliphatic rings. The van der Waals surface area contributed by atoms with E-state index < -0.39 is 0 Å². The second kappa shape index (κ2) is 5.42. The van der Waals surface area contributed by atoms with Crippen molar-refractivity contribution < 1.29 is 9.32 Å². The van der Waals surface area contributed by atoms with Gasteiger partial charge in [-0.1, -0.05) is 23.4 Å².